The Morgan fingerprint density at radius 1 is 1.23 bits per heavy atom. The first-order valence-corrected chi connectivity index (χ1v) is 10.6. The van der Waals surface area contributed by atoms with Gasteiger partial charge in [-0.15, -0.1) is 0 Å². The lowest BCUT2D eigenvalue weighted by Crippen LogP contribution is -2.39. The number of amides is 1. The van der Waals surface area contributed by atoms with E-state index in [0.29, 0.717) is 37.5 Å². The summed E-state index contributed by atoms with van der Waals surface area (Å²) < 4.78 is 16.6. The molecule has 2 aliphatic rings. The molecule has 164 valence electrons. The molecule has 1 heterocycles. The van der Waals surface area contributed by atoms with Gasteiger partial charge in [-0.25, -0.2) is 4.79 Å². The monoisotopic (exact) mass is 417 g/mol. The van der Waals surface area contributed by atoms with Crippen LogP contribution in [0.15, 0.2) is 36.1 Å². The fourth-order valence-corrected chi connectivity index (χ4v) is 3.75. The zero-order valence-electron chi connectivity index (χ0n) is 17.6. The predicted molar refractivity (Wildman–Crippen MR) is 111 cm³/mol. The number of esters is 1. The molecule has 0 bridgehead atoms. The van der Waals surface area contributed by atoms with Crippen LogP contribution in [0.25, 0.3) is 0 Å². The first-order chi connectivity index (χ1) is 14.6. The van der Waals surface area contributed by atoms with Crippen molar-refractivity contribution >= 4 is 11.9 Å². The van der Waals surface area contributed by atoms with Gasteiger partial charge in [-0.05, 0) is 62.3 Å². The number of carbonyl (C=O) groups is 2. The minimum atomic E-state index is -0.585. The van der Waals surface area contributed by atoms with Gasteiger partial charge in [-0.2, -0.15) is 0 Å². The average Bonchev–Trinajstić information content (AvgIpc) is 3.60. The Labute approximate surface area is 177 Å². The Balaban J connectivity index is 1.88. The molecule has 3 unspecified atom stereocenters. The zero-order valence-corrected chi connectivity index (χ0v) is 17.6. The Morgan fingerprint density at radius 3 is 2.57 bits per heavy atom. The topological polar surface area (TPSA) is 94.1 Å². The average molecular weight is 418 g/mol. The van der Waals surface area contributed by atoms with Crippen LogP contribution in [0.4, 0.5) is 0 Å². The molecule has 0 spiro atoms. The van der Waals surface area contributed by atoms with Crippen LogP contribution in [0.2, 0.25) is 0 Å². The molecule has 1 aromatic carbocycles. The molecule has 7 nitrogen and oxygen atoms in total. The van der Waals surface area contributed by atoms with Crippen LogP contribution in [0.5, 0.6) is 0 Å². The number of allylic oxidation sites excluding steroid dienone is 1. The van der Waals surface area contributed by atoms with Crippen LogP contribution in [0.3, 0.4) is 0 Å². The lowest BCUT2D eigenvalue weighted by atomic mass is 9.80. The van der Waals surface area contributed by atoms with Crippen LogP contribution < -0.4 is 5.32 Å². The second-order valence-corrected chi connectivity index (χ2v) is 7.79. The highest BCUT2D eigenvalue weighted by Crippen LogP contribution is 2.39. The van der Waals surface area contributed by atoms with Gasteiger partial charge < -0.3 is 24.6 Å². The smallest absolute Gasteiger partial charge is 0.337 e. The molecule has 0 aromatic heterocycles. The molecule has 1 fully saturated rings. The molecule has 0 radical (unpaired) electrons. The molecule has 1 saturated carbocycles. The van der Waals surface area contributed by atoms with E-state index in [-0.39, 0.29) is 30.1 Å². The van der Waals surface area contributed by atoms with Crippen molar-refractivity contribution in [2.24, 2.45) is 11.8 Å². The molecule has 2 N–H and O–H groups in total. The molecule has 0 saturated heterocycles. The van der Waals surface area contributed by atoms with E-state index in [9.17, 15) is 14.7 Å². The van der Waals surface area contributed by atoms with Gasteiger partial charge in [0.05, 0.1) is 12.7 Å². The Kier molecular flexibility index (Phi) is 7.87. The van der Waals surface area contributed by atoms with Crippen LogP contribution in [-0.2, 0) is 19.0 Å². The van der Waals surface area contributed by atoms with Crippen molar-refractivity contribution in [3.8, 4) is 0 Å². The third-order valence-corrected chi connectivity index (χ3v) is 5.60. The molecule has 1 aromatic rings. The number of hydrogen-bond acceptors (Lipinski definition) is 6. The van der Waals surface area contributed by atoms with Gasteiger partial charge in [-0.3, -0.25) is 4.79 Å². The zero-order chi connectivity index (χ0) is 21.5. The van der Waals surface area contributed by atoms with Gasteiger partial charge in [0.2, 0.25) is 6.29 Å². The maximum Gasteiger partial charge on any atom is 0.337 e. The fourth-order valence-electron chi connectivity index (χ4n) is 3.75. The number of aliphatic hydroxyl groups is 1. The lowest BCUT2D eigenvalue weighted by molar-refractivity contribution is -0.166. The number of hydrogen-bond donors (Lipinski definition) is 2. The number of carbonyl (C=O) groups excluding carboxylic acids is 2. The van der Waals surface area contributed by atoms with E-state index in [4.69, 9.17) is 14.2 Å². The largest absolute Gasteiger partial charge is 0.465 e. The summed E-state index contributed by atoms with van der Waals surface area (Å²) in [5, 5.41) is 12.3. The third-order valence-electron chi connectivity index (χ3n) is 5.60. The highest BCUT2D eigenvalue weighted by molar-refractivity contribution is 5.92. The summed E-state index contributed by atoms with van der Waals surface area (Å²) >= 11 is 0. The molecule has 7 heteroatoms. The summed E-state index contributed by atoms with van der Waals surface area (Å²) in [5.74, 6) is -0.0101. The first-order valence-electron chi connectivity index (χ1n) is 10.6. The number of methoxy groups -OCH3 is 1. The SMILES string of the molecule is CCOC1OC(C(=O)NCC2CC2)=CC(c2ccc(C(=O)OC)cc2)C1CCCO. The number of aliphatic hydroxyl groups excluding tert-OH is 1. The highest BCUT2D eigenvalue weighted by atomic mass is 16.7. The minimum absolute atomic E-state index is 0.0685. The van der Waals surface area contributed by atoms with Crippen molar-refractivity contribution < 1.29 is 28.9 Å². The van der Waals surface area contributed by atoms with Gasteiger partial charge in [0.15, 0.2) is 5.76 Å². The van der Waals surface area contributed by atoms with E-state index in [0.717, 1.165) is 18.4 Å². The van der Waals surface area contributed by atoms with E-state index in [1.165, 1.54) is 7.11 Å². The summed E-state index contributed by atoms with van der Waals surface area (Å²) in [7, 11) is 1.35. The summed E-state index contributed by atoms with van der Waals surface area (Å²) in [6.07, 6.45) is 4.84. The number of benzene rings is 1. The van der Waals surface area contributed by atoms with Gasteiger partial charge in [-0.1, -0.05) is 12.1 Å². The fraction of sp³-hybridized carbons (Fsp3) is 0.565. The van der Waals surface area contributed by atoms with E-state index in [2.05, 4.69) is 5.32 Å². The van der Waals surface area contributed by atoms with E-state index in [1.807, 2.05) is 25.1 Å². The standard InChI is InChI=1S/C23H31NO6/c1-3-29-23-18(5-4-12-25)19(16-8-10-17(11-9-16)22(27)28-2)13-20(30-23)21(26)24-14-15-6-7-15/h8-11,13,15,18-19,23,25H,3-7,12,14H2,1-2H3,(H,24,26). The van der Waals surface area contributed by atoms with E-state index in [1.54, 1.807) is 12.1 Å². The summed E-state index contributed by atoms with van der Waals surface area (Å²) in [4.78, 5) is 24.5. The minimum Gasteiger partial charge on any atom is -0.465 e. The van der Waals surface area contributed by atoms with Gasteiger partial charge in [0.25, 0.3) is 5.91 Å². The van der Waals surface area contributed by atoms with E-state index < -0.39 is 12.3 Å². The number of ether oxygens (including phenoxy) is 3. The second-order valence-electron chi connectivity index (χ2n) is 7.79. The maximum absolute atomic E-state index is 12.7. The quantitative estimate of drug-likeness (QED) is 0.569. The van der Waals surface area contributed by atoms with Crippen molar-refractivity contribution in [3.05, 3.63) is 47.2 Å². The van der Waals surface area contributed by atoms with Crippen LogP contribution >= 0.6 is 0 Å². The summed E-state index contributed by atoms with van der Waals surface area (Å²) in [6.45, 7) is 3.07. The summed E-state index contributed by atoms with van der Waals surface area (Å²) in [5.41, 5.74) is 1.42. The van der Waals surface area contributed by atoms with Crippen molar-refractivity contribution in [1.82, 2.24) is 5.32 Å². The van der Waals surface area contributed by atoms with Gasteiger partial charge in [0.1, 0.15) is 0 Å². The van der Waals surface area contributed by atoms with Crippen molar-refractivity contribution in [2.75, 3.05) is 26.9 Å². The molecule has 1 aliphatic carbocycles. The first kappa shape index (κ1) is 22.3. The third kappa shape index (κ3) is 5.61. The summed E-state index contributed by atoms with van der Waals surface area (Å²) in [6, 6.07) is 7.17. The lowest BCUT2D eigenvalue weighted by Gasteiger charge is -2.37. The number of nitrogens with one attached hydrogen (secondary N) is 1. The molecule has 1 aliphatic heterocycles. The predicted octanol–water partition coefficient (Wildman–Crippen LogP) is 2.75. The van der Waals surface area contributed by atoms with Crippen molar-refractivity contribution in [3.63, 3.8) is 0 Å². The van der Waals surface area contributed by atoms with E-state index >= 15 is 0 Å². The van der Waals surface area contributed by atoms with Crippen LogP contribution in [-0.4, -0.2) is 50.1 Å². The van der Waals surface area contributed by atoms with Crippen LogP contribution in [0.1, 0.15) is 54.4 Å². The molecular weight excluding hydrogens is 386 g/mol. The Morgan fingerprint density at radius 2 is 1.97 bits per heavy atom. The Hall–Kier alpha value is -2.38. The van der Waals surface area contributed by atoms with Crippen molar-refractivity contribution in [2.45, 2.75) is 44.8 Å². The Bertz CT molecular complexity index is 755. The van der Waals surface area contributed by atoms with Gasteiger partial charge in [0, 0.05) is 31.6 Å². The molecule has 30 heavy (non-hydrogen) atoms. The molecular formula is C23H31NO6. The normalized spacial score (nSPS) is 23.3. The van der Waals surface area contributed by atoms with Gasteiger partial charge >= 0.3 is 5.97 Å². The second kappa shape index (κ2) is 10.6. The molecule has 1 amide bonds. The van der Waals surface area contributed by atoms with Crippen molar-refractivity contribution in [1.29, 1.82) is 0 Å². The van der Waals surface area contributed by atoms with Crippen LogP contribution in [0, 0.1) is 11.8 Å². The molecule has 3 atom stereocenters. The molecule has 3 rings (SSSR count). The highest BCUT2D eigenvalue weighted by Gasteiger charge is 2.38. The number of rotatable bonds is 10. The maximum atomic E-state index is 12.7.